The lowest BCUT2D eigenvalue weighted by Gasteiger charge is -2.17. The van der Waals surface area contributed by atoms with Crippen LogP contribution in [-0.2, 0) is 21.2 Å². The first kappa shape index (κ1) is 18.4. The van der Waals surface area contributed by atoms with E-state index in [1.54, 1.807) is 24.3 Å². The number of carbonyl (C=O) groups is 2. The summed E-state index contributed by atoms with van der Waals surface area (Å²) in [5.41, 5.74) is 2.00. The quantitative estimate of drug-likeness (QED) is 0.711. The minimum atomic E-state index is -3.70. The third kappa shape index (κ3) is 4.43. The summed E-state index contributed by atoms with van der Waals surface area (Å²) in [6.07, 6.45) is 0.550. The molecule has 0 unspecified atom stereocenters. The van der Waals surface area contributed by atoms with E-state index < -0.39 is 10.0 Å². The highest BCUT2D eigenvalue weighted by Crippen LogP contribution is 2.31. The van der Waals surface area contributed by atoms with Gasteiger partial charge in [-0.3, -0.25) is 9.59 Å². The average molecular weight is 391 g/mol. The number of primary sulfonamides is 1. The maximum absolute atomic E-state index is 12.3. The third-order valence-corrected chi connectivity index (χ3v) is 5.83. The van der Waals surface area contributed by atoms with E-state index in [0.29, 0.717) is 30.0 Å². The third-order valence-electron chi connectivity index (χ3n) is 3.83. The molecule has 7 nitrogen and oxygen atoms in total. The van der Waals surface area contributed by atoms with Gasteiger partial charge in [0.25, 0.3) is 5.91 Å². The number of benzene rings is 2. The molecule has 0 saturated carbocycles. The number of nitrogens with two attached hydrogens (primary N) is 1. The summed E-state index contributed by atoms with van der Waals surface area (Å²) >= 11 is 1.44. The van der Waals surface area contributed by atoms with Crippen LogP contribution in [-0.4, -0.2) is 32.5 Å². The number of hydrogen-bond acceptors (Lipinski definition) is 5. The van der Waals surface area contributed by atoms with Crippen molar-refractivity contribution < 1.29 is 18.0 Å². The van der Waals surface area contributed by atoms with Gasteiger partial charge >= 0.3 is 0 Å². The SMILES string of the molecule is NS(=O)(=O)c1ccc(CCNC(=O)c2ccc3c(c2)NC(=O)CS3)cc1. The Balaban J connectivity index is 1.57. The molecule has 0 spiro atoms. The molecule has 9 heteroatoms. The number of nitrogens with one attached hydrogen (secondary N) is 2. The Kier molecular flexibility index (Phi) is 5.30. The van der Waals surface area contributed by atoms with Crippen molar-refractivity contribution in [1.29, 1.82) is 0 Å². The van der Waals surface area contributed by atoms with E-state index in [1.807, 2.05) is 6.07 Å². The zero-order chi connectivity index (χ0) is 18.7. The maximum atomic E-state index is 12.3. The second-order valence-electron chi connectivity index (χ2n) is 5.74. The van der Waals surface area contributed by atoms with Crippen molar-refractivity contribution in [2.45, 2.75) is 16.2 Å². The highest BCUT2D eigenvalue weighted by Gasteiger charge is 2.17. The fourth-order valence-electron chi connectivity index (χ4n) is 2.49. The van der Waals surface area contributed by atoms with Gasteiger partial charge < -0.3 is 10.6 Å². The Morgan fingerprint density at radius 1 is 1.19 bits per heavy atom. The zero-order valence-electron chi connectivity index (χ0n) is 13.7. The molecule has 0 aliphatic carbocycles. The predicted molar refractivity (Wildman–Crippen MR) is 99.6 cm³/mol. The summed E-state index contributed by atoms with van der Waals surface area (Å²) in [5.74, 6) is 0.0600. The molecular formula is C17H17N3O4S2. The Bertz CT molecular complexity index is 956. The fourth-order valence-corrected chi connectivity index (χ4v) is 3.80. The van der Waals surface area contributed by atoms with Crippen LogP contribution in [0.1, 0.15) is 15.9 Å². The number of amides is 2. The Morgan fingerprint density at radius 3 is 2.62 bits per heavy atom. The molecule has 0 bridgehead atoms. The summed E-state index contributed by atoms with van der Waals surface area (Å²) in [6, 6.07) is 11.4. The summed E-state index contributed by atoms with van der Waals surface area (Å²) in [4.78, 5) is 24.7. The van der Waals surface area contributed by atoms with E-state index in [-0.39, 0.29) is 16.7 Å². The van der Waals surface area contributed by atoms with Crippen LogP contribution in [0.4, 0.5) is 5.69 Å². The normalized spacial score (nSPS) is 13.7. The molecule has 0 atom stereocenters. The van der Waals surface area contributed by atoms with E-state index in [0.717, 1.165) is 10.5 Å². The minimum absolute atomic E-state index is 0.0549. The molecule has 0 aromatic heterocycles. The van der Waals surface area contributed by atoms with E-state index in [9.17, 15) is 18.0 Å². The summed E-state index contributed by atoms with van der Waals surface area (Å²) in [6.45, 7) is 0.395. The highest BCUT2D eigenvalue weighted by molar-refractivity contribution is 8.00. The van der Waals surface area contributed by atoms with E-state index in [1.165, 1.54) is 23.9 Å². The first-order chi connectivity index (χ1) is 12.3. The molecule has 0 fully saturated rings. The fraction of sp³-hybridized carbons (Fsp3) is 0.176. The molecule has 3 rings (SSSR count). The van der Waals surface area contributed by atoms with Crippen LogP contribution in [0.5, 0.6) is 0 Å². The Morgan fingerprint density at radius 2 is 1.92 bits per heavy atom. The van der Waals surface area contributed by atoms with Gasteiger partial charge in [-0.05, 0) is 42.3 Å². The van der Waals surface area contributed by atoms with Gasteiger partial charge in [0.1, 0.15) is 0 Å². The smallest absolute Gasteiger partial charge is 0.251 e. The predicted octanol–water partition coefficient (Wildman–Crippen LogP) is 1.35. The van der Waals surface area contributed by atoms with E-state index in [2.05, 4.69) is 10.6 Å². The molecular weight excluding hydrogens is 374 g/mol. The van der Waals surface area contributed by atoms with Gasteiger partial charge in [-0.1, -0.05) is 12.1 Å². The molecule has 0 radical (unpaired) electrons. The van der Waals surface area contributed by atoms with Crippen LogP contribution in [0.2, 0.25) is 0 Å². The number of thioether (sulfide) groups is 1. The van der Waals surface area contributed by atoms with Crippen molar-refractivity contribution >= 4 is 39.3 Å². The van der Waals surface area contributed by atoms with Gasteiger partial charge in [-0.15, -0.1) is 11.8 Å². The summed E-state index contributed by atoms with van der Waals surface area (Å²) < 4.78 is 22.4. The average Bonchev–Trinajstić information content (AvgIpc) is 2.60. The number of hydrogen-bond donors (Lipinski definition) is 3. The molecule has 1 heterocycles. The van der Waals surface area contributed by atoms with Gasteiger partial charge in [-0.25, -0.2) is 13.6 Å². The van der Waals surface area contributed by atoms with Crippen LogP contribution in [0.25, 0.3) is 0 Å². The summed E-state index contributed by atoms with van der Waals surface area (Å²) in [7, 11) is -3.70. The first-order valence-corrected chi connectivity index (χ1v) is 10.3. The largest absolute Gasteiger partial charge is 0.352 e. The van der Waals surface area contributed by atoms with Crippen LogP contribution in [0.3, 0.4) is 0 Å². The van der Waals surface area contributed by atoms with Gasteiger partial charge in [0.2, 0.25) is 15.9 Å². The summed E-state index contributed by atoms with van der Waals surface area (Å²) in [5, 5.41) is 10.6. The monoisotopic (exact) mass is 391 g/mol. The van der Waals surface area contributed by atoms with Crippen LogP contribution in [0.15, 0.2) is 52.3 Å². The lowest BCUT2D eigenvalue weighted by molar-refractivity contribution is -0.113. The van der Waals surface area contributed by atoms with Crippen molar-refractivity contribution in [3.8, 4) is 0 Å². The molecule has 26 heavy (non-hydrogen) atoms. The molecule has 4 N–H and O–H groups in total. The minimum Gasteiger partial charge on any atom is -0.352 e. The van der Waals surface area contributed by atoms with Gasteiger partial charge in [0.15, 0.2) is 0 Å². The molecule has 0 saturated heterocycles. The second-order valence-corrected chi connectivity index (χ2v) is 8.32. The number of fused-ring (bicyclic) bond motifs is 1. The first-order valence-electron chi connectivity index (χ1n) is 7.79. The number of anilines is 1. The van der Waals surface area contributed by atoms with Crippen molar-refractivity contribution in [1.82, 2.24) is 5.32 Å². The van der Waals surface area contributed by atoms with Crippen molar-refractivity contribution in [2.24, 2.45) is 5.14 Å². The molecule has 1 aliphatic heterocycles. The Hall–Kier alpha value is -2.36. The second kappa shape index (κ2) is 7.48. The molecule has 1 aliphatic rings. The van der Waals surface area contributed by atoms with Gasteiger partial charge in [0.05, 0.1) is 16.3 Å². The molecule has 2 aromatic carbocycles. The zero-order valence-corrected chi connectivity index (χ0v) is 15.3. The highest BCUT2D eigenvalue weighted by atomic mass is 32.2. The standard InChI is InChI=1S/C17H17N3O4S2/c18-26(23,24)13-4-1-11(2-5-13)7-8-19-17(22)12-3-6-15-14(9-12)20-16(21)10-25-15/h1-6,9H,7-8,10H2,(H,19,22)(H,20,21)(H2,18,23,24). The van der Waals surface area contributed by atoms with E-state index >= 15 is 0 Å². The van der Waals surface area contributed by atoms with Crippen LogP contribution >= 0.6 is 11.8 Å². The maximum Gasteiger partial charge on any atom is 0.251 e. The molecule has 136 valence electrons. The van der Waals surface area contributed by atoms with Crippen molar-refractivity contribution in [2.75, 3.05) is 17.6 Å². The van der Waals surface area contributed by atoms with Crippen molar-refractivity contribution in [3.63, 3.8) is 0 Å². The Labute approximate surface area is 155 Å². The molecule has 2 aromatic rings. The van der Waals surface area contributed by atoms with Crippen molar-refractivity contribution in [3.05, 3.63) is 53.6 Å². The topological polar surface area (TPSA) is 118 Å². The number of rotatable bonds is 5. The number of sulfonamides is 1. The van der Waals surface area contributed by atoms with Gasteiger partial charge in [0, 0.05) is 17.0 Å². The van der Waals surface area contributed by atoms with Gasteiger partial charge in [-0.2, -0.15) is 0 Å². The lowest BCUT2D eigenvalue weighted by atomic mass is 10.1. The van der Waals surface area contributed by atoms with Crippen LogP contribution in [0, 0.1) is 0 Å². The van der Waals surface area contributed by atoms with E-state index in [4.69, 9.17) is 5.14 Å². The van der Waals surface area contributed by atoms with Crippen LogP contribution < -0.4 is 15.8 Å². The molecule has 2 amide bonds. The number of carbonyl (C=O) groups excluding carboxylic acids is 2. The lowest BCUT2D eigenvalue weighted by Crippen LogP contribution is -2.26.